The van der Waals surface area contributed by atoms with E-state index in [9.17, 15) is 30.6 Å². The molecule has 0 fully saturated rings. The second kappa shape index (κ2) is 60.4. The molecule has 6 aromatic carbocycles. The van der Waals surface area contributed by atoms with Crippen LogP contribution in [0.1, 0.15) is 350 Å². The second-order valence-electron chi connectivity index (χ2n) is 32.7. The predicted molar refractivity (Wildman–Crippen MR) is 496 cm³/mol. The monoisotopic (exact) mass is 1650 g/mol. The van der Waals surface area contributed by atoms with E-state index in [2.05, 4.69) is 41.5 Å². The molecule has 0 atom stereocenters. The topological polar surface area (TPSA) is 254 Å². The lowest BCUT2D eigenvalue weighted by Gasteiger charge is -2.14. The Kier molecular flexibility index (Phi) is 49.4. The van der Waals surface area contributed by atoms with E-state index in [0.29, 0.717) is 107 Å². The first-order chi connectivity index (χ1) is 58.9. The summed E-state index contributed by atoms with van der Waals surface area (Å²) in [7, 11) is 0. The standard InChI is InChI=1S/C102H150N6O12/c1-7-13-19-25-31-37-43-49-61-115-91-67-85-86(68-92(91)116-62-50-44-38-32-26-20-14-8-2)104-74-80-57-58-82(100(112)98(80)110)76-106-89-71-95(119-65-53-47-41-35-29-23-17-11-5)96(120-66-54-48-42-36-30-24-18-12-6)72-90(89)108-78-84-60-59-83(101(113)102(84)114)77-107-88-70-94(118-64-52-46-40-34-28-22-16-10-4)93(117-63-51-45-39-33-27-21-15-9-3)69-87(88)105-75-81-56-55-79(73-103-85)97(109)99(81)111/h55-60,67-78,109-114H,7-54,61-66H2,1-6H3. The first-order valence-electron chi connectivity index (χ1n) is 47.1. The van der Waals surface area contributed by atoms with Crippen LogP contribution in [-0.4, -0.2) is 100 Å². The molecule has 0 aliphatic rings. The maximum atomic E-state index is 12.0. The normalized spacial score (nSPS) is 11.2. The van der Waals surface area contributed by atoms with Gasteiger partial charge in [-0.2, -0.15) is 0 Å². The molecule has 6 N–H and O–H groups in total. The average molecular weight is 1650 g/mol. The molecule has 0 aliphatic heterocycles. The van der Waals surface area contributed by atoms with Crippen molar-refractivity contribution < 1.29 is 59.1 Å². The molecular formula is C102H150N6O12. The third kappa shape index (κ3) is 36.7. The summed E-state index contributed by atoms with van der Waals surface area (Å²) in [6.07, 6.45) is 63.1. The number of rotatable bonds is 60. The molecule has 10 aromatic rings. The molecule has 660 valence electrons. The van der Waals surface area contributed by atoms with Crippen molar-refractivity contribution in [2.75, 3.05) is 39.6 Å². The molecule has 4 heterocycles. The van der Waals surface area contributed by atoms with Gasteiger partial charge < -0.3 is 59.1 Å². The largest absolute Gasteiger partial charge is 0.504 e. The summed E-state index contributed by atoms with van der Waals surface area (Å²) in [6, 6.07) is 20.4. The number of aromatic nitrogens is 6. The number of nitrogens with zero attached hydrogens (tertiary/aromatic N) is 6. The molecule has 0 radical (unpaired) electrons. The van der Waals surface area contributed by atoms with Gasteiger partial charge in [-0.25, -0.2) is 0 Å². The highest BCUT2D eigenvalue weighted by Gasteiger charge is 2.17. The zero-order valence-electron chi connectivity index (χ0n) is 74.4. The molecule has 0 amide bonds. The Hall–Kier alpha value is -9.06. The van der Waals surface area contributed by atoms with Crippen molar-refractivity contribution in [3.63, 3.8) is 0 Å². The van der Waals surface area contributed by atoms with Gasteiger partial charge in [-0.05, 0) is 74.9 Å². The van der Waals surface area contributed by atoms with Crippen LogP contribution in [0.25, 0.3) is 65.4 Å². The zero-order valence-corrected chi connectivity index (χ0v) is 74.4. The fraction of sp³-hybridized carbons (Fsp3) is 0.588. The quantitative estimate of drug-likeness (QED) is 0.0153. The smallest absolute Gasteiger partial charge is 0.167 e. The Balaban J connectivity index is 1.47. The molecule has 0 aliphatic carbocycles. The van der Waals surface area contributed by atoms with Gasteiger partial charge in [-0.15, -0.1) is 0 Å². The van der Waals surface area contributed by atoms with Crippen LogP contribution in [0.15, 0.2) is 110 Å². The summed E-state index contributed by atoms with van der Waals surface area (Å²) >= 11 is 0. The van der Waals surface area contributed by atoms with Crippen LogP contribution in [0, 0.1) is 0 Å². The summed E-state index contributed by atoms with van der Waals surface area (Å²) in [6.45, 7) is 16.1. The lowest BCUT2D eigenvalue weighted by atomic mass is 10.1. The van der Waals surface area contributed by atoms with Crippen molar-refractivity contribution in [1.82, 2.24) is 29.9 Å². The van der Waals surface area contributed by atoms with Gasteiger partial charge >= 0.3 is 0 Å². The van der Waals surface area contributed by atoms with Crippen molar-refractivity contribution in [3.8, 4) is 69.0 Å². The van der Waals surface area contributed by atoms with E-state index >= 15 is 0 Å². The summed E-state index contributed by atoms with van der Waals surface area (Å²) in [4.78, 5) is 29.7. The molecule has 18 nitrogen and oxygen atoms in total. The number of phenolic OH excluding ortho intramolecular Hbond substituents is 6. The number of hydrogen-bond donors (Lipinski definition) is 6. The van der Waals surface area contributed by atoms with Crippen LogP contribution in [0.5, 0.6) is 69.0 Å². The molecule has 10 rings (SSSR count). The van der Waals surface area contributed by atoms with Gasteiger partial charge in [0.25, 0.3) is 0 Å². The minimum atomic E-state index is -0.455. The zero-order chi connectivity index (χ0) is 85.3. The van der Waals surface area contributed by atoms with Gasteiger partial charge in [0.05, 0.1) is 72.7 Å². The lowest BCUT2D eigenvalue weighted by Crippen LogP contribution is -2.03. The SMILES string of the molecule is CCCCCCCCCCOc1cc2ncc3ccc(cnc4cc(OCCCCCCCCCC)c(OCCCCCCCCCC)cc4ncc4ccc(cnc5cc(OCCCCCCCCCC)c(OCCCCCCCCCC)cc5ncc5ccc(cnc2cc1OCCCCCCCCCC)c(O)c5O)c(O)c4O)c(O)c3O. The molecule has 4 aromatic heterocycles. The first-order valence-corrected chi connectivity index (χ1v) is 47.1. The molecule has 0 spiro atoms. The van der Waals surface area contributed by atoms with Crippen molar-refractivity contribution in [2.24, 2.45) is 0 Å². The van der Waals surface area contributed by atoms with E-state index in [0.717, 1.165) is 116 Å². The van der Waals surface area contributed by atoms with E-state index in [-0.39, 0.29) is 32.3 Å². The van der Waals surface area contributed by atoms with E-state index in [1.165, 1.54) is 230 Å². The number of unbranched alkanes of at least 4 members (excludes halogenated alkanes) is 42. The highest BCUT2D eigenvalue weighted by atomic mass is 16.5. The highest BCUT2D eigenvalue weighted by Crippen LogP contribution is 2.40. The van der Waals surface area contributed by atoms with Gasteiger partial charge in [0.1, 0.15) is 0 Å². The second-order valence-corrected chi connectivity index (χ2v) is 32.7. The van der Waals surface area contributed by atoms with Gasteiger partial charge in [0, 0.05) is 106 Å². The highest BCUT2D eigenvalue weighted by molar-refractivity contribution is 5.86. The third-order valence-electron chi connectivity index (χ3n) is 22.4. The van der Waals surface area contributed by atoms with Crippen molar-refractivity contribution in [1.29, 1.82) is 0 Å². The van der Waals surface area contributed by atoms with Crippen molar-refractivity contribution in [2.45, 2.75) is 350 Å². The number of aromatic hydroxyl groups is 6. The Morgan fingerprint density at radius 1 is 0.175 bits per heavy atom. The molecule has 18 heteroatoms. The number of phenols is 6. The molecule has 120 heavy (non-hydrogen) atoms. The number of ether oxygens (including phenoxy) is 6. The maximum absolute atomic E-state index is 12.0. The third-order valence-corrected chi connectivity index (χ3v) is 22.4. The molecule has 6 bridgehead atoms. The van der Waals surface area contributed by atoms with Gasteiger partial charge in [0.15, 0.2) is 69.0 Å². The van der Waals surface area contributed by atoms with Crippen LogP contribution in [0.3, 0.4) is 0 Å². The van der Waals surface area contributed by atoms with Crippen molar-refractivity contribution in [3.05, 3.63) is 110 Å². The molecule has 0 saturated heterocycles. The van der Waals surface area contributed by atoms with Gasteiger partial charge in [0.2, 0.25) is 0 Å². The summed E-state index contributed by atoms with van der Waals surface area (Å²) < 4.78 is 39.7. The van der Waals surface area contributed by atoms with Crippen LogP contribution in [-0.2, 0) is 0 Å². The molecule has 0 saturated carbocycles. The van der Waals surface area contributed by atoms with Crippen molar-refractivity contribution >= 4 is 65.4 Å². The van der Waals surface area contributed by atoms with E-state index < -0.39 is 34.5 Å². The summed E-state index contributed by atoms with van der Waals surface area (Å²) in [5.41, 5.74) is 1.98. The minimum Gasteiger partial charge on any atom is -0.504 e. The Labute approximate surface area is 718 Å². The number of hydrogen-bond acceptors (Lipinski definition) is 18. The Morgan fingerprint density at radius 3 is 0.417 bits per heavy atom. The Morgan fingerprint density at radius 2 is 0.292 bits per heavy atom. The molecule has 0 unspecified atom stereocenters. The van der Waals surface area contributed by atoms with Crippen LogP contribution >= 0.6 is 0 Å². The van der Waals surface area contributed by atoms with Crippen LogP contribution in [0.4, 0.5) is 0 Å². The summed E-state index contributed by atoms with van der Waals surface area (Å²) in [5, 5.41) is 72.9. The fourth-order valence-corrected chi connectivity index (χ4v) is 14.7. The first kappa shape index (κ1) is 98.1. The Bertz CT molecular complexity index is 3710. The van der Waals surface area contributed by atoms with E-state index in [1.807, 2.05) is 0 Å². The van der Waals surface area contributed by atoms with Gasteiger partial charge in [-0.3, -0.25) is 29.9 Å². The maximum Gasteiger partial charge on any atom is 0.167 e. The average Bonchev–Trinajstić information content (AvgIpc) is 0.812. The molecular weight excluding hydrogens is 1500 g/mol. The minimum absolute atomic E-state index is 0.184. The van der Waals surface area contributed by atoms with E-state index in [1.54, 1.807) is 72.8 Å². The van der Waals surface area contributed by atoms with Crippen LogP contribution < -0.4 is 28.4 Å². The predicted octanol–water partition coefficient (Wildman–Crippen LogP) is 29.4. The lowest BCUT2D eigenvalue weighted by molar-refractivity contribution is 0.259. The summed E-state index contributed by atoms with van der Waals surface area (Å²) in [5.74, 6) is 0.113. The van der Waals surface area contributed by atoms with E-state index in [4.69, 9.17) is 58.3 Å². The van der Waals surface area contributed by atoms with Gasteiger partial charge in [-0.1, -0.05) is 311 Å². The number of fused-ring (bicyclic) bond motifs is 3. The van der Waals surface area contributed by atoms with Crippen LogP contribution in [0.2, 0.25) is 0 Å². The fourth-order valence-electron chi connectivity index (χ4n) is 14.7. The number of benzene rings is 6.